The molecule has 0 saturated carbocycles. The second kappa shape index (κ2) is 9.03. The van der Waals surface area contributed by atoms with E-state index in [1.165, 1.54) is 0 Å². The summed E-state index contributed by atoms with van der Waals surface area (Å²) < 4.78 is 12.6. The third-order valence-electron chi connectivity index (χ3n) is 3.77. The lowest BCUT2D eigenvalue weighted by molar-refractivity contribution is 0.184. The Labute approximate surface area is 157 Å². The SMILES string of the molecule is C[C@H](O)c1nccn1Cc1cc(C#Cc2ccc(OCCCO)cc2)on1. The summed E-state index contributed by atoms with van der Waals surface area (Å²) in [5.74, 6) is 7.74. The van der Waals surface area contributed by atoms with E-state index in [0.717, 1.165) is 11.3 Å². The number of aliphatic hydroxyl groups excluding tert-OH is 2. The smallest absolute Gasteiger partial charge is 0.210 e. The molecule has 1 atom stereocenters. The number of imidazole rings is 1. The van der Waals surface area contributed by atoms with E-state index in [2.05, 4.69) is 22.0 Å². The molecule has 0 aliphatic carbocycles. The Bertz CT molecular complexity index is 917. The molecule has 27 heavy (non-hydrogen) atoms. The molecule has 2 aromatic heterocycles. The van der Waals surface area contributed by atoms with Crippen molar-refractivity contribution < 1.29 is 19.5 Å². The molecule has 0 spiro atoms. The highest BCUT2D eigenvalue weighted by Crippen LogP contribution is 2.13. The molecule has 2 heterocycles. The average molecular weight is 367 g/mol. The van der Waals surface area contributed by atoms with Crippen molar-refractivity contribution in [3.8, 4) is 17.6 Å². The maximum atomic E-state index is 9.70. The topological polar surface area (TPSA) is 93.5 Å². The van der Waals surface area contributed by atoms with Gasteiger partial charge in [0.15, 0.2) is 0 Å². The van der Waals surface area contributed by atoms with Crippen LogP contribution >= 0.6 is 0 Å². The number of ether oxygens (including phenoxy) is 1. The largest absolute Gasteiger partial charge is 0.494 e. The first kappa shape index (κ1) is 18.7. The highest BCUT2D eigenvalue weighted by molar-refractivity contribution is 5.41. The first-order valence-corrected chi connectivity index (χ1v) is 8.66. The Morgan fingerprint density at radius 2 is 2.07 bits per heavy atom. The van der Waals surface area contributed by atoms with Crippen LogP contribution in [-0.4, -0.2) is 38.1 Å². The van der Waals surface area contributed by atoms with Crippen LogP contribution in [-0.2, 0) is 6.54 Å². The fourth-order valence-corrected chi connectivity index (χ4v) is 2.46. The normalized spacial score (nSPS) is 11.7. The van der Waals surface area contributed by atoms with E-state index >= 15 is 0 Å². The van der Waals surface area contributed by atoms with Crippen molar-refractivity contribution in [2.24, 2.45) is 0 Å². The van der Waals surface area contributed by atoms with E-state index < -0.39 is 6.10 Å². The molecule has 140 valence electrons. The Morgan fingerprint density at radius 1 is 1.26 bits per heavy atom. The van der Waals surface area contributed by atoms with Gasteiger partial charge in [0.05, 0.1) is 13.2 Å². The van der Waals surface area contributed by atoms with Gasteiger partial charge < -0.3 is 24.0 Å². The average Bonchev–Trinajstić information content (AvgIpc) is 3.31. The zero-order valence-corrected chi connectivity index (χ0v) is 15.0. The summed E-state index contributed by atoms with van der Waals surface area (Å²) in [5, 5.41) is 22.5. The van der Waals surface area contributed by atoms with Gasteiger partial charge in [-0.1, -0.05) is 11.1 Å². The van der Waals surface area contributed by atoms with Gasteiger partial charge in [-0.05, 0) is 37.1 Å². The van der Waals surface area contributed by atoms with Crippen molar-refractivity contribution in [3.05, 3.63) is 65.6 Å². The molecule has 0 bridgehead atoms. The summed E-state index contributed by atoms with van der Waals surface area (Å²) in [4.78, 5) is 4.13. The molecule has 0 radical (unpaired) electrons. The van der Waals surface area contributed by atoms with Gasteiger partial charge in [-0.2, -0.15) is 0 Å². The van der Waals surface area contributed by atoms with E-state index in [-0.39, 0.29) is 6.61 Å². The molecule has 0 aliphatic rings. The predicted octanol–water partition coefficient (Wildman–Crippen LogP) is 2.13. The van der Waals surface area contributed by atoms with Crippen LogP contribution in [0.4, 0.5) is 0 Å². The number of benzene rings is 1. The van der Waals surface area contributed by atoms with E-state index in [1.807, 2.05) is 28.8 Å². The molecule has 3 aromatic rings. The zero-order chi connectivity index (χ0) is 19.1. The lowest BCUT2D eigenvalue weighted by Crippen LogP contribution is -2.07. The van der Waals surface area contributed by atoms with Crippen molar-refractivity contribution in [2.45, 2.75) is 26.0 Å². The maximum Gasteiger partial charge on any atom is 0.210 e. The summed E-state index contributed by atoms with van der Waals surface area (Å²) >= 11 is 0. The zero-order valence-electron chi connectivity index (χ0n) is 15.0. The van der Waals surface area contributed by atoms with Gasteiger partial charge in [-0.15, -0.1) is 0 Å². The standard InChI is InChI=1S/C20H21N3O4/c1-15(25)20-21-9-10-23(20)14-17-13-19(27-22-17)8-5-16-3-6-18(7-4-16)26-12-2-11-24/h3-4,6-7,9-10,13,15,24-25H,2,11-12,14H2,1H3/t15-/m0/s1. The van der Waals surface area contributed by atoms with Crippen LogP contribution in [0.5, 0.6) is 5.75 Å². The van der Waals surface area contributed by atoms with E-state index in [4.69, 9.17) is 14.4 Å². The Kier molecular flexibility index (Phi) is 6.26. The van der Waals surface area contributed by atoms with Crippen molar-refractivity contribution in [1.82, 2.24) is 14.7 Å². The minimum atomic E-state index is -0.651. The van der Waals surface area contributed by atoms with E-state index in [0.29, 0.717) is 36.9 Å². The van der Waals surface area contributed by atoms with Crippen LogP contribution in [0, 0.1) is 11.8 Å². The molecule has 7 nitrogen and oxygen atoms in total. The van der Waals surface area contributed by atoms with Crippen LogP contribution in [0.2, 0.25) is 0 Å². The van der Waals surface area contributed by atoms with Crippen LogP contribution in [0.15, 0.2) is 47.2 Å². The van der Waals surface area contributed by atoms with Gasteiger partial charge >= 0.3 is 0 Å². The predicted molar refractivity (Wildman–Crippen MR) is 98.1 cm³/mol. The first-order chi connectivity index (χ1) is 13.2. The summed E-state index contributed by atoms with van der Waals surface area (Å²) in [6, 6.07) is 9.16. The third-order valence-corrected chi connectivity index (χ3v) is 3.77. The third kappa shape index (κ3) is 5.20. The summed E-state index contributed by atoms with van der Waals surface area (Å²) in [6.07, 6.45) is 3.38. The minimum absolute atomic E-state index is 0.115. The van der Waals surface area contributed by atoms with Crippen LogP contribution in [0.25, 0.3) is 0 Å². The monoisotopic (exact) mass is 367 g/mol. The Hall–Kier alpha value is -3.08. The molecule has 1 aromatic carbocycles. The highest BCUT2D eigenvalue weighted by Gasteiger charge is 2.10. The number of aliphatic hydroxyl groups is 2. The van der Waals surface area contributed by atoms with Crippen molar-refractivity contribution in [2.75, 3.05) is 13.2 Å². The molecule has 2 N–H and O–H groups in total. The van der Waals surface area contributed by atoms with Gasteiger partial charge in [0.1, 0.15) is 23.4 Å². The second-order valence-electron chi connectivity index (χ2n) is 5.97. The fourth-order valence-electron chi connectivity index (χ4n) is 2.46. The molecule has 0 unspecified atom stereocenters. The van der Waals surface area contributed by atoms with Crippen LogP contribution in [0.1, 0.15) is 42.3 Å². The highest BCUT2D eigenvalue weighted by atomic mass is 16.5. The van der Waals surface area contributed by atoms with Crippen LogP contribution < -0.4 is 4.74 Å². The van der Waals surface area contributed by atoms with E-state index in [1.54, 1.807) is 25.4 Å². The quantitative estimate of drug-likeness (QED) is 0.491. The van der Waals surface area contributed by atoms with Gasteiger partial charge in [0.25, 0.3) is 0 Å². The first-order valence-electron chi connectivity index (χ1n) is 8.66. The molecule has 0 amide bonds. The molecule has 3 rings (SSSR count). The molecule has 7 heteroatoms. The summed E-state index contributed by atoms with van der Waals surface area (Å²) in [7, 11) is 0. The molecular formula is C20H21N3O4. The lowest BCUT2D eigenvalue weighted by atomic mass is 10.2. The summed E-state index contributed by atoms with van der Waals surface area (Å²) in [6.45, 7) is 2.72. The van der Waals surface area contributed by atoms with Gasteiger partial charge in [0.2, 0.25) is 5.76 Å². The molecule has 0 fully saturated rings. The van der Waals surface area contributed by atoms with Crippen molar-refractivity contribution >= 4 is 0 Å². The Morgan fingerprint density at radius 3 is 2.81 bits per heavy atom. The Balaban J connectivity index is 1.62. The number of hydrogen-bond acceptors (Lipinski definition) is 6. The lowest BCUT2D eigenvalue weighted by Gasteiger charge is -2.07. The molecular weight excluding hydrogens is 346 g/mol. The minimum Gasteiger partial charge on any atom is -0.494 e. The van der Waals surface area contributed by atoms with Crippen molar-refractivity contribution in [1.29, 1.82) is 0 Å². The second-order valence-corrected chi connectivity index (χ2v) is 5.97. The van der Waals surface area contributed by atoms with Gasteiger partial charge in [-0.3, -0.25) is 0 Å². The number of hydrogen-bond donors (Lipinski definition) is 2. The number of nitrogens with zero attached hydrogens (tertiary/aromatic N) is 3. The van der Waals surface area contributed by atoms with Crippen LogP contribution in [0.3, 0.4) is 0 Å². The number of aromatic nitrogens is 3. The van der Waals surface area contributed by atoms with Gasteiger partial charge in [-0.25, -0.2) is 4.98 Å². The fraction of sp³-hybridized carbons (Fsp3) is 0.300. The number of rotatable bonds is 7. The summed E-state index contributed by atoms with van der Waals surface area (Å²) in [5.41, 5.74) is 1.53. The maximum absolute atomic E-state index is 9.70. The van der Waals surface area contributed by atoms with Gasteiger partial charge in [0, 0.05) is 37.1 Å². The van der Waals surface area contributed by atoms with Crippen molar-refractivity contribution in [3.63, 3.8) is 0 Å². The molecule has 0 aliphatic heterocycles. The molecule has 0 saturated heterocycles. The van der Waals surface area contributed by atoms with E-state index in [9.17, 15) is 5.11 Å².